The zero-order valence-corrected chi connectivity index (χ0v) is 11.9. The zero-order chi connectivity index (χ0) is 12.1. The first kappa shape index (κ1) is 15.7. The third kappa shape index (κ3) is 11.8. The predicted molar refractivity (Wildman–Crippen MR) is 75.9 cm³/mol. The fraction of sp³-hybridized carbons (Fsp3) is 0.875. The van der Waals surface area contributed by atoms with E-state index in [1.807, 2.05) is 0 Å². The van der Waals surface area contributed by atoms with Crippen molar-refractivity contribution in [2.45, 2.75) is 91.4 Å². The second kappa shape index (κ2) is 12.8. The van der Waals surface area contributed by atoms with Gasteiger partial charge in [-0.3, -0.25) is 0 Å². The molecule has 0 heteroatoms. The Morgan fingerprint density at radius 1 is 0.750 bits per heavy atom. The Morgan fingerprint density at radius 3 is 2.00 bits per heavy atom. The minimum atomic E-state index is 1.30. The molecule has 0 radical (unpaired) electrons. The van der Waals surface area contributed by atoms with E-state index in [-0.39, 0.29) is 0 Å². The Bertz CT molecular complexity index is 155. The molecule has 0 N–H and O–H groups in total. The average molecular weight is 224 g/mol. The summed E-state index contributed by atoms with van der Waals surface area (Å²) in [5.41, 5.74) is 1.62. The summed E-state index contributed by atoms with van der Waals surface area (Å²) in [6.07, 6.45) is 17.7. The van der Waals surface area contributed by atoms with E-state index in [9.17, 15) is 0 Å². The second-order valence-corrected chi connectivity index (χ2v) is 5.06. The molecular weight excluding hydrogens is 192 g/mol. The number of hydrogen-bond donors (Lipinski definition) is 0. The smallest absolute Gasteiger partial charge is 0.0323 e. The lowest BCUT2D eigenvalue weighted by Gasteiger charge is -2.02. The van der Waals surface area contributed by atoms with Crippen molar-refractivity contribution in [1.29, 1.82) is 0 Å². The third-order valence-electron chi connectivity index (χ3n) is 3.23. The van der Waals surface area contributed by atoms with Gasteiger partial charge in [0, 0.05) is 0 Å². The van der Waals surface area contributed by atoms with E-state index < -0.39 is 0 Å². The normalized spacial score (nSPS) is 12.1. The van der Waals surface area contributed by atoms with Crippen LogP contribution in [0.2, 0.25) is 0 Å². The Balaban J connectivity index is 3.25. The van der Waals surface area contributed by atoms with Crippen LogP contribution in [-0.4, -0.2) is 0 Å². The van der Waals surface area contributed by atoms with Crippen LogP contribution in [0.25, 0.3) is 0 Å². The van der Waals surface area contributed by atoms with Crippen LogP contribution in [0.5, 0.6) is 0 Å². The van der Waals surface area contributed by atoms with Crippen molar-refractivity contribution >= 4 is 0 Å². The summed E-state index contributed by atoms with van der Waals surface area (Å²) in [6, 6.07) is 0. The van der Waals surface area contributed by atoms with Crippen molar-refractivity contribution in [1.82, 2.24) is 0 Å². The molecule has 0 amide bonds. The van der Waals surface area contributed by atoms with E-state index in [0.29, 0.717) is 0 Å². The molecule has 0 fully saturated rings. The molecule has 0 bridgehead atoms. The topological polar surface area (TPSA) is 0 Å². The summed E-state index contributed by atoms with van der Waals surface area (Å²) >= 11 is 0. The molecule has 0 aromatic carbocycles. The molecular formula is C16H32. The summed E-state index contributed by atoms with van der Waals surface area (Å²) in [5.74, 6) is 0. The maximum atomic E-state index is 2.46. The fourth-order valence-corrected chi connectivity index (χ4v) is 2.03. The van der Waals surface area contributed by atoms with Crippen LogP contribution >= 0.6 is 0 Å². The molecule has 0 nitrogen and oxygen atoms in total. The molecule has 0 aromatic heterocycles. The Kier molecular flexibility index (Phi) is 12.6. The maximum absolute atomic E-state index is 2.46. The van der Waals surface area contributed by atoms with Gasteiger partial charge in [0.05, 0.1) is 0 Å². The summed E-state index contributed by atoms with van der Waals surface area (Å²) in [6.45, 7) is 6.86. The van der Waals surface area contributed by atoms with Crippen LogP contribution in [0.3, 0.4) is 0 Å². The molecule has 0 saturated heterocycles. The highest BCUT2D eigenvalue weighted by molar-refractivity contribution is 4.97. The highest BCUT2D eigenvalue weighted by atomic mass is 14.0. The first-order valence-electron chi connectivity index (χ1n) is 7.46. The highest BCUT2D eigenvalue weighted by Crippen LogP contribution is 2.12. The molecule has 0 heterocycles. The Labute approximate surface area is 104 Å². The van der Waals surface area contributed by atoms with E-state index in [0.717, 1.165) is 0 Å². The van der Waals surface area contributed by atoms with Crippen molar-refractivity contribution in [2.24, 2.45) is 0 Å². The minimum Gasteiger partial charge on any atom is -0.0856 e. The van der Waals surface area contributed by atoms with Gasteiger partial charge >= 0.3 is 0 Å². The lowest BCUT2D eigenvalue weighted by atomic mass is 10.0. The van der Waals surface area contributed by atoms with Gasteiger partial charge in [0.25, 0.3) is 0 Å². The Hall–Kier alpha value is -0.260. The van der Waals surface area contributed by atoms with Gasteiger partial charge in [-0.1, -0.05) is 70.4 Å². The maximum Gasteiger partial charge on any atom is -0.0323 e. The summed E-state index contributed by atoms with van der Waals surface area (Å²) < 4.78 is 0. The summed E-state index contributed by atoms with van der Waals surface area (Å²) in [7, 11) is 0. The molecule has 0 spiro atoms. The van der Waals surface area contributed by atoms with Crippen LogP contribution < -0.4 is 0 Å². The van der Waals surface area contributed by atoms with Crippen molar-refractivity contribution in [3.63, 3.8) is 0 Å². The first-order chi connectivity index (χ1) is 7.81. The standard InChI is InChI=1S/C16H32/c1-4-6-8-10-11-13-15-16(3)14-12-9-7-5-2/h14H,4-13,15H2,1-3H3. The van der Waals surface area contributed by atoms with E-state index in [1.54, 1.807) is 5.57 Å². The van der Waals surface area contributed by atoms with E-state index in [2.05, 4.69) is 26.8 Å². The van der Waals surface area contributed by atoms with Gasteiger partial charge in [-0.25, -0.2) is 0 Å². The monoisotopic (exact) mass is 224 g/mol. The fourth-order valence-electron chi connectivity index (χ4n) is 2.03. The van der Waals surface area contributed by atoms with Crippen LogP contribution in [0.1, 0.15) is 91.4 Å². The van der Waals surface area contributed by atoms with Gasteiger partial charge in [-0.2, -0.15) is 0 Å². The van der Waals surface area contributed by atoms with Crippen LogP contribution in [0.15, 0.2) is 11.6 Å². The summed E-state index contributed by atoms with van der Waals surface area (Å²) in [4.78, 5) is 0. The van der Waals surface area contributed by atoms with E-state index in [4.69, 9.17) is 0 Å². The van der Waals surface area contributed by atoms with Crippen LogP contribution in [-0.2, 0) is 0 Å². The molecule has 96 valence electrons. The Morgan fingerprint density at radius 2 is 1.31 bits per heavy atom. The van der Waals surface area contributed by atoms with Gasteiger partial charge < -0.3 is 0 Å². The lowest BCUT2D eigenvalue weighted by Crippen LogP contribution is -1.82. The molecule has 0 atom stereocenters. The van der Waals surface area contributed by atoms with Crippen molar-refractivity contribution < 1.29 is 0 Å². The van der Waals surface area contributed by atoms with Gasteiger partial charge in [0.1, 0.15) is 0 Å². The quantitative estimate of drug-likeness (QED) is 0.287. The molecule has 0 unspecified atom stereocenters. The van der Waals surface area contributed by atoms with Gasteiger partial charge in [-0.15, -0.1) is 0 Å². The molecule has 0 aliphatic carbocycles. The van der Waals surface area contributed by atoms with Crippen LogP contribution in [0, 0.1) is 0 Å². The second-order valence-electron chi connectivity index (χ2n) is 5.06. The van der Waals surface area contributed by atoms with E-state index in [1.165, 1.54) is 70.6 Å². The molecule has 0 aromatic rings. The number of rotatable bonds is 11. The largest absolute Gasteiger partial charge is 0.0856 e. The van der Waals surface area contributed by atoms with Gasteiger partial charge in [0.15, 0.2) is 0 Å². The molecule has 0 saturated carbocycles. The van der Waals surface area contributed by atoms with E-state index >= 15 is 0 Å². The number of hydrogen-bond acceptors (Lipinski definition) is 0. The predicted octanol–water partition coefficient (Wildman–Crippen LogP) is 6.26. The first-order valence-corrected chi connectivity index (χ1v) is 7.46. The van der Waals surface area contributed by atoms with Crippen molar-refractivity contribution in [3.05, 3.63) is 11.6 Å². The van der Waals surface area contributed by atoms with Crippen molar-refractivity contribution in [3.8, 4) is 0 Å². The van der Waals surface area contributed by atoms with Crippen LogP contribution in [0.4, 0.5) is 0 Å². The lowest BCUT2D eigenvalue weighted by molar-refractivity contribution is 0.605. The minimum absolute atomic E-state index is 1.30. The molecule has 0 aliphatic heterocycles. The average Bonchev–Trinajstić information content (AvgIpc) is 2.29. The van der Waals surface area contributed by atoms with Gasteiger partial charge in [0.2, 0.25) is 0 Å². The third-order valence-corrected chi connectivity index (χ3v) is 3.23. The number of allylic oxidation sites excluding steroid dienone is 2. The SMILES string of the molecule is CCCCCC=C(C)CCCCCCCC. The summed E-state index contributed by atoms with van der Waals surface area (Å²) in [5, 5.41) is 0. The zero-order valence-electron chi connectivity index (χ0n) is 11.9. The number of unbranched alkanes of at least 4 members (excludes halogenated alkanes) is 8. The molecule has 0 aliphatic rings. The molecule has 0 rings (SSSR count). The van der Waals surface area contributed by atoms with Crippen molar-refractivity contribution in [2.75, 3.05) is 0 Å². The highest BCUT2D eigenvalue weighted by Gasteiger charge is 1.92. The molecule has 16 heavy (non-hydrogen) atoms. The van der Waals surface area contributed by atoms with Gasteiger partial charge in [-0.05, 0) is 32.6 Å².